The van der Waals surface area contributed by atoms with Crippen LogP contribution in [-0.4, -0.2) is 44.2 Å². The monoisotopic (exact) mass is 316 g/mol. The molecule has 0 fully saturated rings. The fourth-order valence-electron chi connectivity index (χ4n) is 1.72. The summed E-state index contributed by atoms with van der Waals surface area (Å²) in [4.78, 5) is 10.9. The van der Waals surface area contributed by atoms with Crippen LogP contribution in [-0.2, 0) is 9.84 Å². The molecule has 0 unspecified atom stereocenters. The van der Waals surface area contributed by atoms with Crippen LogP contribution in [0.3, 0.4) is 0 Å². The zero-order valence-electron chi connectivity index (χ0n) is 12.2. The zero-order chi connectivity index (χ0) is 15.9. The summed E-state index contributed by atoms with van der Waals surface area (Å²) in [5, 5.41) is 8.93. The van der Waals surface area contributed by atoms with E-state index in [0.29, 0.717) is 24.5 Å². The van der Waals surface area contributed by atoms with E-state index in [0.717, 1.165) is 0 Å². The molecule has 7 heteroatoms. The number of carbonyl (C=O) groups is 1. The zero-order valence-corrected chi connectivity index (χ0v) is 13.0. The average molecular weight is 316 g/mol. The van der Waals surface area contributed by atoms with Crippen molar-refractivity contribution in [1.82, 2.24) is 0 Å². The van der Waals surface area contributed by atoms with Crippen LogP contribution in [0.25, 0.3) is 0 Å². The van der Waals surface area contributed by atoms with Gasteiger partial charge in [0.2, 0.25) is 0 Å². The summed E-state index contributed by atoms with van der Waals surface area (Å²) >= 11 is 0. The second kappa shape index (κ2) is 7.87. The van der Waals surface area contributed by atoms with Gasteiger partial charge in [0.25, 0.3) is 0 Å². The molecule has 21 heavy (non-hydrogen) atoms. The highest BCUT2D eigenvalue weighted by Gasteiger charge is 2.13. The van der Waals surface area contributed by atoms with Gasteiger partial charge in [0.05, 0.1) is 23.7 Å². The summed E-state index contributed by atoms with van der Waals surface area (Å²) in [6, 6.07) is 4.23. The molecule has 6 nitrogen and oxygen atoms in total. The van der Waals surface area contributed by atoms with Crippen LogP contribution in [0.5, 0.6) is 11.5 Å². The number of carboxylic acids is 1. The molecule has 0 atom stereocenters. The summed E-state index contributed by atoms with van der Waals surface area (Å²) in [7, 11) is -3.11. The van der Waals surface area contributed by atoms with E-state index < -0.39 is 15.8 Å². The van der Waals surface area contributed by atoms with Gasteiger partial charge in [0.15, 0.2) is 21.3 Å². The maximum absolute atomic E-state index is 11.6. The van der Waals surface area contributed by atoms with Gasteiger partial charge in [0.1, 0.15) is 6.61 Å². The van der Waals surface area contributed by atoms with E-state index in [1.54, 1.807) is 13.8 Å². The molecule has 1 N–H and O–H groups in total. The van der Waals surface area contributed by atoms with Gasteiger partial charge in [-0.2, -0.15) is 0 Å². The Morgan fingerprint density at radius 2 is 1.86 bits per heavy atom. The van der Waals surface area contributed by atoms with Crippen molar-refractivity contribution in [2.45, 2.75) is 20.3 Å². The second-order valence-electron chi connectivity index (χ2n) is 4.40. The van der Waals surface area contributed by atoms with Crippen LogP contribution >= 0.6 is 0 Å². The van der Waals surface area contributed by atoms with Crippen molar-refractivity contribution in [3.63, 3.8) is 0 Å². The summed E-state index contributed by atoms with van der Waals surface area (Å²) < 4.78 is 33.9. The van der Waals surface area contributed by atoms with E-state index in [2.05, 4.69) is 0 Å². The van der Waals surface area contributed by atoms with Crippen molar-refractivity contribution in [1.29, 1.82) is 0 Å². The first kappa shape index (κ1) is 17.3. The molecule has 1 aromatic carbocycles. The predicted molar refractivity (Wildman–Crippen MR) is 79.0 cm³/mol. The third-order valence-corrected chi connectivity index (χ3v) is 4.48. The molecule has 118 valence electrons. The molecule has 0 amide bonds. The van der Waals surface area contributed by atoms with E-state index in [-0.39, 0.29) is 23.7 Å². The van der Waals surface area contributed by atoms with Crippen LogP contribution in [0, 0.1) is 0 Å². The first-order chi connectivity index (χ1) is 9.89. The SMILES string of the molecule is CCCS(=O)(=O)CCOc1ccc(C(=O)O)cc1OCC. The Morgan fingerprint density at radius 3 is 2.43 bits per heavy atom. The quantitative estimate of drug-likeness (QED) is 0.749. The first-order valence-corrected chi connectivity index (χ1v) is 8.55. The summed E-state index contributed by atoms with van der Waals surface area (Å²) in [5.41, 5.74) is 0.0874. The second-order valence-corrected chi connectivity index (χ2v) is 6.70. The van der Waals surface area contributed by atoms with Crippen molar-refractivity contribution in [3.8, 4) is 11.5 Å². The molecular formula is C14H20O6S. The summed E-state index contributed by atoms with van der Waals surface area (Å²) in [5.74, 6) is -0.369. The van der Waals surface area contributed by atoms with Crippen molar-refractivity contribution in [3.05, 3.63) is 23.8 Å². The number of aromatic carboxylic acids is 1. The maximum Gasteiger partial charge on any atom is 0.335 e. The molecule has 0 aliphatic rings. The minimum atomic E-state index is -3.11. The van der Waals surface area contributed by atoms with Gasteiger partial charge < -0.3 is 14.6 Å². The molecule has 0 spiro atoms. The maximum atomic E-state index is 11.6. The Balaban J connectivity index is 2.76. The van der Waals surface area contributed by atoms with Gasteiger partial charge in [-0.1, -0.05) is 6.92 Å². The number of benzene rings is 1. The van der Waals surface area contributed by atoms with Gasteiger partial charge in [-0.25, -0.2) is 13.2 Å². The molecule has 0 radical (unpaired) electrons. The van der Waals surface area contributed by atoms with E-state index in [9.17, 15) is 13.2 Å². The topological polar surface area (TPSA) is 89.9 Å². The van der Waals surface area contributed by atoms with E-state index >= 15 is 0 Å². The van der Waals surface area contributed by atoms with Crippen molar-refractivity contribution in [2.24, 2.45) is 0 Å². The Bertz CT molecular complexity index is 579. The van der Waals surface area contributed by atoms with Crippen molar-refractivity contribution >= 4 is 15.8 Å². The third kappa shape index (κ3) is 5.63. The van der Waals surface area contributed by atoms with Crippen LogP contribution in [0.15, 0.2) is 18.2 Å². The molecule has 0 saturated carbocycles. The Labute approximate surface area is 124 Å². The highest BCUT2D eigenvalue weighted by Crippen LogP contribution is 2.28. The standard InChI is InChI=1S/C14H20O6S/c1-3-8-21(17,18)9-7-20-12-6-5-11(14(15)16)10-13(12)19-4-2/h5-6,10H,3-4,7-9H2,1-2H3,(H,15,16). The smallest absolute Gasteiger partial charge is 0.335 e. The normalized spacial score (nSPS) is 11.1. The van der Waals surface area contributed by atoms with Crippen molar-refractivity contribution < 1.29 is 27.8 Å². The molecule has 1 rings (SSSR count). The van der Waals surface area contributed by atoms with E-state index in [1.807, 2.05) is 0 Å². The van der Waals surface area contributed by atoms with Crippen LogP contribution in [0.1, 0.15) is 30.6 Å². The van der Waals surface area contributed by atoms with Crippen LogP contribution < -0.4 is 9.47 Å². The number of carboxylic acid groups (broad SMARTS) is 1. The molecule has 0 saturated heterocycles. The predicted octanol–water partition coefficient (Wildman–Crippen LogP) is 1.99. The number of sulfone groups is 1. The lowest BCUT2D eigenvalue weighted by atomic mass is 10.2. The molecule has 0 aliphatic carbocycles. The fourth-order valence-corrected chi connectivity index (χ4v) is 2.88. The van der Waals surface area contributed by atoms with E-state index in [4.69, 9.17) is 14.6 Å². The van der Waals surface area contributed by atoms with Gasteiger partial charge in [-0.05, 0) is 31.5 Å². The number of ether oxygens (including phenoxy) is 2. The van der Waals surface area contributed by atoms with Crippen LogP contribution in [0.4, 0.5) is 0 Å². The molecular weight excluding hydrogens is 296 g/mol. The molecule has 0 bridgehead atoms. The number of hydrogen-bond acceptors (Lipinski definition) is 5. The summed E-state index contributed by atoms with van der Waals surface area (Å²) in [6.07, 6.45) is 0.569. The fraction of sp³-hybridized carbons (Fsp3) is 0.500. The molecule has 0 aliphatic heterocycles. The van der Waals surface area contributed by atoms with Crippen molar-refractivity contribution in [2.75, 3.05) is 24.7 Å². The van der Waals surface area contributed by atoms with Gasteiger partial charge in [-0.3, -0.25) is 0 Å². The lowest BCUT2D eigenvalue weighted by Crippen LogP contribution is -2.17. The lowest BCUT2D eigenvalue weighted by Gasteiger charge is -2.12. The van der Waals surface area contributed by atoms with Gasteiger partial charge >= 0.3 is 5.97 Å². The third-order valence-electron chi connectivity index (χ3n) is 2.66. The minimum absolute atomic E-state index is 0.00876. The Kier molecular flexibility index (Phi) is 6.48. The number of rotatable bonds is 9. The van der Waals surface area contributed by atoms with E-state index in [1.165, 1.54) is 18.2 Å². The highest BCUT2D eigenvalue weighted by atomic mass is 32.2. The van der Waals surface area contributed by atoms with Gasteiger partial charge in [-0.15, -0.1) is 0 Å². The van der Waals surface area contributed by atoms with Gasteiger partial charge in [0, 0.05) is 0 Å². The summed E-state index contributed by atoms with van der Waals surface area (Å²) in [6.45, 7) is 3.93. The molecule has 1 aromatic rings. The molecule has 0 aromatic heterocycles. The number of hydrogen-bond donors (Lipinski definition) is 1. The highest BCUT2D eigenvalue weighted by molar-refractivity contribution is 7.91. The van der Waals surface area contributed by atoms with Crippen LogP contribution in [0.2, 0.25) is 0 Å². The molecule has 0 heterocycles. The first-order valence-electron chi connectivity index (χ1n) is 6.73. The lowest BCUT2D eigenvalue weighted by molar-refractivity contribution is 0.0696. The Hall–Kier alpha value is -1.76. The minimum Gasteiger partial charge on any atom is -0.490 e. The largest absolute Gasteiger partial charge is 0.490 e. The Morgan fingerprint density at radius 1 is 1.14 bits per heavy atom. The average Bonchev–Trinajstić information content (AvgIpc) is 2.40.